The first-order valence-electron chi connectivity index (χ1n) is 12.2. The Morgan fingerprint density at radius 1 is 1.15 bits per heavy atom. The summed E-state index contributed by atoms with van der Waals surface area (Å²) in [6.07, 6.45) is 3.95. The van der Waals surface area contributed by atoms with Crippen LogP contribution < -0.4 is 15.8 Å². The number of nitrogens with one attached hydrogen (secondary N) is 1. The number of carbonyl (C=O) groups excluding carboxylic acids is 2. The van der Waals surface area contributed by atoms with Crippen molar-refractivity contribution in [3.8, 4) is 5.75 Å². The summed E-state index contributed by atoms with van der Waals surface area (Å²) in [5, 5.41) is 12.8. The zero-order chi connectivity index (χ0) is 24.3. The van der Waals surface area contributed by atoms with Gasteiger partial charge in [-0.15, -0.1) is 0 Å². The lowest BCUT2D eigenvalue weighted by molar-refractivity contribution is -0.129. The number of aryl methyl sites for hydroxylation is 1. The average Bonchev–Trinajstić information content (AvgIpc) is 3.40. The number of nitrogens with two attached hydrogens (primary N) is 1. The summed E-state index contributed by atoms with van der Waals surface area (Å²) in [6.45, 7) is 4.76. The number of ether oxygens (including phenoxy) is 1. The maximum atomic E-state index is 12.9. The Bertz CT molecular complexity index is 957. The molecule has 4 N–H and O–H groups in total. The molecular formula is C27H37N3O4. The highest BCUT2D eigenvalue weighted by Crippen LogP contribution is 2.22. The fourth-order valence-corrected chi connectivity index (χ4v) is 4.34. The molecule has 2 amide bonds. The monoisotopic (exact) mass is 467 g/mol. The molecule has 7 nitrogen and oxygen atoms in total. The average molecular weight is 468 g/mol. The molecular weight excluding hydrogens is 430 g/mol. The maximum absolute atomic E-state index is 12.9. The summed E-state index contributed by atoms with van der Waals surface area (Å²) in [5.74, 6) is 0.271. The van der Waals surface area contributed by atoms with Gasteiger partial charge >= 0.3 is 0 Å². The standard InChI is InChI=1S/C27H37N3O4/c1-2-34-25-15-20(16-26(32)30-13-5-6-14-30)10-12-24(25)27(33)29-18-21(19-31)9-11-22-7-3-4-8-23(22)17-28/h3-4,7-8,10,12,15,21,31H,2,5-6,9,11,13-14,16-19,28H2,1H3,(H,29,33)/t21-/m0/s1. The molecule has 7 heteroatoms. The molecule has 34 heavy (non-hydrogen) atoms. The Kier molecular flexibility index (Phi) is 9.91. The fourth-order valence-electron chi connectivity index (χ4n) is 4.34. The third-order valence-electron chi connectivity index (χ3n) is 6.37. The van der Waals surface area contributed by atoms with Crippen molar-refractivity contribution in [3.05, 3.63) is 64.7 Å². The minimum atomic E-state index is -0.248. The number of rotatable bonds is 12. The lowest BCUT2D eigenvalue weighted by Crippen LogP contribution is -2.31. The van der Waals surface area contributed by atoms with Gasteiger partial charge in [0.25, 0.3) is 5.91 Å². The van der Waals surface area contributed by atoms with Crippen molar-refractivity contribution >= 4 is 11.8 Å². The predicted molar refractivity (Wildman–Crippen MR) is 133 cm³/mol. The molecule has 1 fully saturated rings. The maximum Gasteiger partial charge on any atom is 0.255 e. The number of benzene rings is 2. The molecule has 3 rings (SSSR count). The van der Waals surface area contributed by atoms with Crippen LogP contribution in [0.2, 0.25) is 0 Å². The normalized spacial score (nSPS) is 14.1. The van der Waals surface area contributed by atoms with Gasteiger partial charge in [-0.2, -0.15) is 0 Å². The number of aliphatic hydroxyl groups is 1. The van der Waals surface area contributed by atoms with E-state index >= 15 is 0 Å². The van der Waals surface area contributed by atoms with Gasteiger partial charge in [-0.3, -0.25) is 9.59 Å². The zero-order valence-corrected chi connectivity index (χ0v) is 20.1. The van der Waals surface area contributed by atoms with E-state index in [4.69, 9.17) is 10.5 Å². The third kappa shape index (κ3) is 7.05. The van der Waals surface area contributed by atoms with Gasteiger partial charge in [0, 0.05) is 32.8 Å². The van der Waals surface area contributed by atoms with Gasteiger partial charge in [0.05, 0.1) is 18.6 Å². The van der Waals surface area contributed by atoms with Crippen LogP contribution in [0, 0.1) is 5.92 Å². The lowest BCUT2D eigenvalue weighted by Gasteiger charge is -2.18. The summed E-state index contributed by atoms with van der Waals surface area (Å²) in [4.78, 5) is 27.3. The highest BCUT2D eigenvalue weighted by atomic mass is 16.5. The number of hydrogen-bond acceptors (Lipinski definition) is 5. The van der Waals surface area contributed by atoms with E-state index in [0.29, 0.717) is 37.4 Å². The molecule has 1 aliphatic rings. The number of carbonyl (C=O) groups is 2. The second-order valence-corrected chi connectivity index (χ2v) is 8.80. The molecule has 0 unspecified atom stereocenters. The van der Waals surface area contributed by atoms with E-state index in [-0.39, 0.29) is 24.3 Å². The van der Waals surface area contributed by atoms with Gasteiger partial charge in [0.1, 0.15) is 5.75 Å². The van der Waals surface area contributed by atoms with E-state index in [1.807, 2.05) is 36.1 Å². The summed E-state index contributed by atoms with van der Waals surface area (Å²) in [7, 11) is 0. The van der Waals surface area contributed by atoms with Crippen LogP contribution in [-0.4, -0.2) is 54.7 Å². The van der Waals surface area contributed by atoms with E-state index < -0.39 is 0 Å². The van der Waals surface area contributed by atoms with Crippen LogP contribution in [0.25, 0.3) is 0 Å². The van der Waals surface area contributed by atoms with Crippen LogP contribution in [0.15, 0.2) is 42.5 Å². The molecule has 2 aromatic carbocycles. The zero-order valence-electron chi connectivity index (χ0n) is 20.1. The molecule has 0 radical (unpaired) electrons. The Morgan fingerprint density at radius 3 is 2.56 bits per heavy atom. The van der Waals surface area contributed by atoms with Crippen molar-refractivity contribution in [3.63, 3.8) is 0 Å². The minimum Gasteiger partial charge on any atom is -0.493 e. The molecule has 2 aromatic rings. The van der Waals surface area contributed by atoms with Crippen molar-refractivity contribution in [1.29, 1.82) is 0 Å². The molecule has 0 bridgehead atoms. The van der Waals surface area contributed by atoms with Crippen LogP contribution in [0.3, 0.4) is 0 Å². The molecule has 1 saturated heterocycles. The first-order valence-corrected chi connectivity index (χ1v) is 12.2. The number of likely N-dealkylation sites (tertiary alicyclic amines) is 1. The van der Waals surface area contributed by atoms with Crippen LogP contribution in [-0.2, 0) is 24.2 Å². The van der Waals surface area contributed by atoms with Gasteiger partial charge in [-0.1, -0.05) is 30.3 Å². The molecule has 1 aliphatic heterocycles. The second kappa shape index (κ2) is 13.1. The quantitative estimate of drug-likeness (QED) is 0.445. The molecule has 1 atom stereocenters. The SMILES string of the molecule is CCOc1cc(CC(=O)N2CCCC2)ccc1C(=O)NC[C@@H](CO)CCc1ccccc1CN. The van der Waals surface area contributed by atoms with Gasteiger partial charge in [-0.25, -0.2) is 0 Å². The minimum absolute atomic E-state index is 0.0130. The van der Waals surface area contributed by atoms with Crippen molar-refractivity contribution in [2.24, 2.45) is 11.7 Å². The summed E-state index contributed by atoms with van der Waals surface area (Å²) < 4.78 is 5.72. The van der Waals surface area contributed by atoms with Crippen LogP contribution >= 0.6 is 0 Å². The number of nitrogens with zero attached hydrogens (tertiary/aromatic N) is 1. The van der Waals surface area contributed by atoms with Gasteiger partial charge in [0.2, 0.25) is 5.91 Å². The topological polar surface area (TPSA) is 105 Å². The first-order chi connectivity index (χ1) is 16.5. The Hall–Kier alpha value is -2.90. The predicted octanol–water partition coefficient (Wildman–Crippen LogP) is 2.68. The molecule has 0 saturated carbocycles. The number of aliphatic hydroxyl groups excluding tert-OH is 1. The largest absolute Gasteiger partial charge is 0.493 e. The number of hydrogen-bond donors (Lipinski definition) is 3. The Balaban J connectivity index is 1.59. The molecule has 0 aromatic heterocycles. The van der Waals surface area contributed by atoms with E-state index in [9.17, 15) is 14.7 Å². The fraction of sp³-hybridized carbons (Fsp3) is 0.481. The van der Waals surface area contributed by atoms with Gasteiger partial charge in [0.15, 0.2) is 0 Å². The highest BCUT2D eigenvalue weighted by molar-refractivity contribution is 5.97. The summed E-state index contributed by atoms with van der Waals surface area (Å²) in [6, 6.07) is 13.4. The van der Waals surface area contributed by atoms with Crippen LogP contribution in [0.5, 0.6) is 5.75 Å². The third-order valence-corrected chi connectivity index (χ3v) is 6.37. The van der Waals surface area contributed by atoms with Crippen LogP contribution in [0.1, 0.15) is 53.2 Å². The number of amides is 2. The first kappa shape index (κ1) is 25.7. The van der Waals surface area contributed by atoms with Gasteiger partial charge < -0.3 is 25.8 Å². The second-order valence-electron chi connectivity index (χ2n) is 8.80. The summed E-state index contributed by atoms with van der Waals surface area (Å²) in [5.41, 5.74) is 9.37. The van der Waals surface area contributed by atoms with E-state index in [0.717, 1.165) is 49.9 Å². The van der Waals surface area contributed by atoms with E-state index in [1.54, 1.807) is 12.1 Å². The molecule has 1 heterocycles. The lowest BCUT2D eigenvalue weighted by atomic mass is 9.96. The molecule has 0 aliphatic carbocycles. The van der Waals surface area contributed by atoms with Crippen molar-refractivity contribution < 1.29 is 19.4 Å². The van der Waals surface area contributed by atoms with Crippen molar-refractivity contribution in [2.45, 2.75) is 45.6 Å². The van der Waals surface area contributed by atoms with Crippen molar-refractivity contribution in [2.75, 3.05) is 32.8 Å². The van der Waals surface area contributed by atoms with E-state index in [2.05, 4.69) is 11.4 Å². The highest BCUT2D eigenvalue weighted by Gasteiger charge is 2.20. The molecule has 0 spiro atoms. The van der Waals surface area contributed by atoms with Crippen LogP contribution in [0.4, 0.5) is 0 Å². The van der Waals surface area contributed by atoms with E-state index in [1.165, 1.54) is 5.56 Å². The van der Waals surface area contributed by atoms with Gasteiger partial charge in [-0.05, 0) is 67.3 Å². The smallest absolute Gasteiger partial charge is 0.255 e. The Morgan fingerprint density at radius 2 is 1.88 bits per heavy atom. The Labute approximate surface area is 202 Å². The molecule has 184 valence electrons. The van der Waals surface area contributed by atoms with Crippen molar-refractivity contribution in [1.82, 2.24) is 10.2 Å². The summed E-state index contributed by atoms with van der Waals surface area (Å²) >= 11 is 0.